The van der Waals surface area contributed by atoms with Crippen LogP contribution in [0.1, 0.15) is 33.3 Å². The van der Waals surface area contributed by atoms with Gasteiger partial charge in [-0.15, -0.1) is 0 Å². The third-order valence-corrected chi connectivity index (χ3v) is 2.95. The number of hydrogen-bond acceptors (Lipinski definition) is 2. The van der Waals surface area contributed by atoms with E-state index in [0.717, 1.165) is 0 Å². The maximum atomic E-state index is 13.1. The zero-order valence-corrected chi connectivity index (χ0v) is 12.1. The molecule has 102 valence electrons. The van der Waals surface area contributed by atoms with Crippen LogP contribution in [0.2, 0.25) is 5.02 Å². The normalized spacial score (nSPS) is 15.5. The summed E-state index contributed by atoms with van der Waals surface area (Å²) in [5.74, 6) is -0.339. The molecule has 0 spiro atoms. The predicted molar refractivity (Wildman–Crippen MR) is 73.5 cm³/mol. The van der Waals surface area contributed by atoms with Gasteiger partial charge in [0.25, 0.3) is 0 Å². The zero-order valence-electron chi connectivity index (χ0n) is 11.3. The first-order valence-corrected chi connectivity index (χ1v) is 6.38. The Balaban J connectivity index is 2.72. The summed E-state index contributed by atoms with van der Waals surface area (Å²) in [7, 11) is 0. The molecule has 0 aromatic heterocycles. The number of β-amino-alcohol motifs (C(OH)–C–C–N with tert-alkyl or cyclic N) is 1. The topological polar surface area (TPSA) is 32.3 Å². The van der Waals surface area contributed by atoms with E-state index in [1.54, 1.807) is 6.92 Å². The van der Waals surface area contributed by atoms with Crippen molar-refractivity contribution in [3.8, 4) is 0 Å². The van der Waals surface area contributed by atoms with Gasteiger partial charge >= 0.3 is 0 Å². The van der Waals surface area contributed by atoms with Gasteiger partial charge in [-0.25, -0.2) is 4.39 Å². The Hall–Kier alpha value is -0.640. The SMILES string of the molecule is CC(O)(CNC(C)(C)C)Cc1cc(F)ccc1Cl. The molecule has 1 atom stereocenters. The smallest absolute Gasteiger partial charge is 0.123 e. The number of aliphatic hydroxyl groups is 1. The Morgan fingerprint density at radius 3 is 2.44 bits per heavy atom. The van der Waals surface area contributed by atoms with E-state index < -0.39 is 5.60 Å². The Bertz CT molecular complexity index is 413. The summed E-state index contributed by atoms with van der Waals surface area (Å²) >= 11 is 5.99. The minimum absolute atomic E-state index is 0.0737. The molecule has 0 heterocycles. The molecule has 2 nitrogen and oxygen atoms in total. The molecule has 1 aromatic carbocycles. The second-order valence-electron chi connectivity index (χ2n) is 6.01. The summed E-state index contributed by atoms with van der Waals surface area (Å²) in [6.45, 7) is 8.21. The highest BCUT2D eigenvalue weighted by molar-refractivity contribution is 6.31. The predicted octanol–water partition coefficient (Wildman–Crippen LogP) is 3.16. The van der Waals surface area contributed by atoms with Gasteiger partial charge in [0.1, 0.15) is 5.82 Å². The molecule has 1 aromatic rings. The molecule has 0 radical (unpaired) electrons. The second kappa shape index (κ2) is 5.55. The minimum atomic E-state index is -0.968. The molecule has 0 aliphatic rings. The maximum Gasteiger partial charge on any atom is 0.123 e. The van der Waals surface area contributed by atoms with E-state index in [9.17, 15) is 9.50 Å². The lowest BCUT2D eigenvalue weighted by Gasteiger charge is -2.29. The summed E-state index contributed by atoms with van der Waals surface area (Å²) in [5, 5.41) is 14.0. The van der Waals surface area contributed by atoms with Crippen molar-refractivity contribution in [2.24, 2.45) is 0 Å². The summed E-state index contributed by atoms with van der Waals surface area (Å²) in [6.07, 6.45) is 0.312. The molecule has 1 unspecified atom stereocenters. The van der Waals surface area contributed by atoms with Gasteiger partial charge < -0.3 is 10.4 Å². The fraction of sp³-hybridized carbons (Fsp3) is 0.571. The van der Waals surface area contributed by atoms with Gasteiger partial charge in [0.05, 0.1) is 5.60 Å². The van der Waals surface area contributed by atoms with Gasteiger partial charge in [-0.1, -0.05) is 11.6 Å². The Labute approximate surface area is 113 Å². The first-order valence-electron chi connectivity index (χ1n) is 6.00. The molecular weight excluding hydrogens is 253 g/mol. The van der Waals surface area contributed by atoms with Crippen LogP contribution in [-0.2, 0) is 6.42 Å². The van der Waals surface area contributed by atoms with Gasteiger partial charge in [0.15, 0.2) is 0 Å². The first kappa shape index (κ1) is 15.4. The zero-order chi connectivity index (χ0) is 14.0. The van der Waals surface area contributed by atoms with Crippen LogP contribution in [0.15, 0.2) is 18.2 Å². The van der Waals surface area contributed by atoms with Crippen molar-refractivity contribution < 1.29 is 9.50 Å². The highest BCUT2D eigenvalue weighted by atomic mass is 35.5. The van der Waals surface area contributed by atoms with E-state index >= 15 is 0 Å². The molecular formula is C14H21ClFNO. The Kier molecular flexibility index (Phi) is 4.76. The largest absolute Gasteiger partial charge is 0.389 e. The first-order chi connectivity index (χ1) is 8.09. The molecule has 2 N–H and O–H groups in total. The van der Waals surface area contributed by atoms with E-state index in [2.05, 4.69) is 5.32 Å². The minimum Gasteiger partial charge on any atom is -0.389 e. The van der Waals surface area contributed by atoms with Crippen LogP contribution in [-0.4, -0.2) is 22.8 Å². The average Bonchev–Trinajstić information content (AvgIpc) is 2.20. The molecule has 4 heteroatoms. The second-order valence-corrected chi connectivity index (χ2v) is 6.42. The highest BCUT2D eigenvalue weighted by Gasteiger charge is 2.24. The molecule has 0 aliphatic carbocycles. The van der Waals surface area contributed by atoms with Gasteiger partial charge in [0.2, 0.25) is 0 Å². The van der Waals surface area contributed by atoms with Crippen molar-refractivity contribution in [1.29, 1.82) is 0 Å². The highest BCUT2D eigenvalue weighted by Crippen LogP contribution is 2.22. The van der Waals surface area contributed by atoms with Crippen LogP contribution in [0, 0.1) is 5.82 Å². The van der Waals surface area contributed by atoms with Crippen LogP contribution >= 0.6 is 11.6 Å². The lowest BCUT2D eigenvalue weighted by Crippen LogP contribution is -2.47. The van der Waals surface area contributed by atoms with Crippen molar-refractivity contribution in [1.82, 2.24) is 5.32 Å². The summed E-state index contributed by atoms with van der Waals surface area (Å²) in [6, 6.07) is 4.20. The molecule has 18 heavy (non-hydrogen) atoms. The third-order valence-electron chi connectivity index (χ3n) is 2.58. The number of rotatable bonds is 4. The molecule has 0 saturated heterocycles. The van der Waals surface area contributed by atoms with Crippen LogP contribution in [0.3, 0.4) is 0 Å². The van der Waals surface area contributed by atoms with E-state index in [1.165, 1.54) is 18.2 Å². The number of halogens is 2. The van der Waals surface area contributed by atoms with Crippen molar-refractivity contribution in [3.63, 3.8) is 0 Å². The Morgan fingerprint density at radius 2 is 1.89 bits per heavy atom. The van der Waals surface area contributed by atoms with Crippen molar-refractivity contribution >= 4 is 11.6 Å². The molecule has 0 amide bonds. The van der Waals surface area contributed by atoms with Crippen LogP contribution in [0.5, 0.6) is 0 Å². The summed E-state index contributed by atoms with van der Waals surface area (Å²) in [4.78, 5) is 0. The van der Waals surface area contributed by atoms with Gasteiger partial charge in [-0.2, -0.15) is 0 Å². The number of benzene rings is 1. The van der Waals surface area contributed by atoms with Crippen molar-refractivity contribution in [2.45, 2.75) is 45.3 Å². The fourth-order valence-corrected chi connectivity index (χ4v) is 1.79. The molecule has 0 fully saturated rings. The van der Waals surface area contributed by atoms with Crippen LogP contribution in [0.25, 0.3) is 0 Å². The standard InChI is InChI=1S/C14H21ClFNO/c1-13(2,3)17-9-14(4,18)8-10-7-11(16)5-6-12(10)15/h5-7,17-18H,8-9H2,1-4H3. The van der Waals surface area contributed by atoms with E-state index in [1.807, 2.05) is 20.8 Å². The summed E-state index contributed by atoms with van der Waals surface area (Å²) in [5.41, 5.74) is -0.419. The van der Waals surface area contributed by atoms with Gasteiger partial charge in [0, 0.05) is 23.5 Å². The molecule has 0 aliphatic heterocycles. The molecule has 1 rings (SSSR count). The van der Waals surface area contributed by atoms with Gasteiger partial charge in [-0.3, -0.25) is 0 Å². The molecule has 0 bridgehead atoms. The van der Waals surface area contributed by atoms with E-state index in [4.69, 9.17) is 11.6 Å². The monoisotopic (exact) mass is 273 g/mol. The van der Waals surface area contributed by atoms with E-state index in [-0.39, 0.29) is 11.4 Å². The lowest BCUT2D eigenvalue weighted by molar-refractivity contribution is 0.0534. The number of nitrogens with one attached hydrogen (secondary N) is 1. The summed E-state index contributed by atoms with van der Waals surface area (Å²) < 4.78 is 13.1. The number of hydrogen-bond donors (Lipinski definition) is 2. The lowest BCUT2D eigenvalue weighted by atomic mass is 9.95. The van der Waals surface area contributed by atoms with Crippen molar-refractivity contribution in [3.05, 3.63) is 34.6 Å². The average molecular weight is 274 g/mol. The van der Waals surface area contributed by atoms with Crippen LogP contribution < -0.4 is 5.32 Å². The Morgan fingerprint density at radius 1 is 1.28 bits per heavy atom. The quantitative estimate of drug-likeness (QED) is 0.883. The maximum absolute atomic E-state index is 13.1. The molecule has 0 saturated carbocycles. The third kappa shape index (κ3) is 5.34. The van der Waals surface area contributed by atoms with Crippen LogP contribution in [0.4, 0.5) is 4.39 Å². The fourth-order valence-electron chi connectivity index (χ4n) is 1.61. The van der Waals surface area contributed by atoms with E-state index in [0.29, 0.717) is 23.6 Å². The van der Waals surface area contributed by atoms with Crippen molar-refractivity contribution in [2.75, 3.05) is 6.54 Å². The van der Waals surface area contributed by atoms with Gasteiger partial charge in [-0.05, 0) is 51.5 Å².